The van der Waals surface area contributed by atoms with E-state index in [-0.39, 0.29) is 17.3 Å². The van der Waals surface area contributed by atoms with Crippen LogP contribution >= 0.6 is 15.9 Å². The second-order valence-electron chi connectivity index (χ2n) is 3.74. The SMILES string of the molecule is NNC(=O)CCCCOc1ccc(Br)cc1[N+](=O)[O-]. The minimum atomic E-state index is -0.498. The first-order valence-electron chi connectivity index (χ1n) is 5.60. The van der Waals surface area contributed by atoms with Gasteiger partial charge in [0.25, 0.3) is 0 Å². The molecular weight excluding hydrogens is 318 g/mol. The highest BCUT2D eigenvalue weighted by molar-refractivity contribution is 9.10. The van der Waals surface area contributed by atoms with Gasteiger partial charge in [-0.2, -0.15) is 0 Å². The Morgan fingerprint density at radius 3 is 2.84 bits per heavy atom. The van der Waals surface area contributed by atoms with E-state index < -0.39 is 4.92 Å². The summed E-state index contributed by atoms with van der Waals surface area (Å²) in [7, 11) is 0. The molecule has 0 saturated heterocycles. The lowest BCUT2D eigenvalue weighted by molar-refractivity contribution is -0.385. The summed E-state index contributed by atoms with van der Waals surface area (Å²) < 4.78 is 5.96. The van der Waals surface area contributed by atoms with Crippen LogP contribution in [-0.4, -0.2) is 17.4 Å². The van der Waals surface area contributed by atoms with Gasteiger partial charge in [0.05, 0.1) is 11.5 Å². The number of carbonyl (C=O) groups excluding carboxylic acids is 1. The molecule has 0 spiro atoms. The smallest absolute Gasteiger partial charge is 0.312 e. The van der Waals surface area contributed by atoms with Crippen molar-refractivity contribution in [3.63, 3.8) is 0 Å². The summed E-state index contributed by atoms with van der Waals surface area (Å²) in [4.78, 5) is 21.2. The van der Waals surface area contributed by atoms with Crippen molar-refractivity contribution >= 4 is 27.5 Å². The molecular formula is C11H14BrN3O4. The largest absolute Gasteiger partial charge is 0.487 e. The van der Waals surface area contributed by atoms with Crippen molar-refractivity contribution in [2.24, 2.45) is 5.84 Å². The quantitative estimate of drug-likeness (QED) is 0.261. The van der Waals surface area contributed by atoms with Crippen LogP contribution in [-0.2, 0) is 4.79 Å². The number of nitrogens with one attached hydrogen (secondary N) is 1. The number of halogens is 1. The van der Waals surface area contributed by atoms with Crippen LogP contribution in [0, 0.1) is 10.1 Å². The summed E-state index contributed by atoms with van der Waals surface area (Å²) in [6.45, 7) is 0.306. The highest BCUT2D eigenvalue weighted by Crippen LogP contribution is 2.30. The van der Waals surface area contributed by atoms with Crippen molar-refractivity contribution in [1.29, 1.82) is 0 Å². The number of hydrogen-bond acceptors (Lipinski definition) is 5. The normalized spacial score (nSPS) is 10.0. The molecule has 0 bridgehead atoms. The van der Waals surface area contributed by atoms with Gasteiger partial charge in [0, 0.05) is 17.0 Å². The van der Waals surface area contributed by atoms with Gasteiger partial charge in [-0.15, -0.1) is 0 Å². The molecule has 1 aromatic carbocycles. The van der Waals surface area contributed by atoms with Gasteiger partial charge in [-0.3, -0.25) is 20.3 Å². The van der Waals surface area contributed by atoms with Gasteiger partial charge in [0.15, 0.2) is 5.75 Å². The second-order valence-corrected chi connectivity index (χ2v) is 4.66. The van der Waals surface area contributed by atoms with Crippen LogP contribution in [0.1, 0.15) is 19.3 Å². The van der Waals surface area contributed by atoms with Crippen molar-refractivity contribution in [3.8, 4) is 5.75 Å². The number of hydrazine groups is 1. The Hall–Kier alpha value is -1.67. The van der Waals surface area contributed by atoms with Crippen LogP contribution in [0.4, 0.5) is 5.69 Å². The Morgan fingerprint density at radius 1 is 1.47 bits per heavy atom. The van der Waals surface area contributed by atoms with Crippen molar-refractivity contribution in [2.45, 2.75) is 19.3 Å². The molecule has 0 aliphatic carbocycles. The minimum Gasteiger partial charge on any atom is -0.487 e. The van der Waals surface area contributed by atoms with Crippen molar-refractivity contribution in [1.82, 2.24) is 5.43 Å². The number of ether oxygens (including phenoxy) is 1. The van der Waals surface area contributed by atoms with Crippen LogP contribution in [0.2, 0.25) is 0 Å². The molecule has 1 rings (SSSR count). The number of nitrogens with two attached hydrogens (primary N) is 1. The lowest BCUT2D eigenvalue weighted by atomic mass is 10.2. The molecule has 0 saturated carbocycles. The molecule has 1 aromatic rings. The number of carbonyl (C=O) groups is 1. The topological polar surface area (TPSA) is 107 Å². The lowest BCUT2D eigenvalue weighted by Crippen LogP contribution is -2.29. The average molecular weight is 332 g/mol. The Bertz CT molecular complexity index is 467. The zero-order valence-corrected chi connectivity index (χ0v) is 11.7. The van der Waals surface area contributed by atoms with Gasteiger partial charge in [0.2, 0.25) is 5.91 Å². The van der Waals surface area contributed by atoms with Gasteiger partial charge >= 0.3 is 5.69 Å². The van der Waals surface area contributed by atoms with Gasteiger partial charge < -0.3 is 4.74 Å². The fourth-order valence-corrected chi connectivity index (χ4v) is 1.75. The molecule has 0 radical (unpaired) electrons. The number of hydrogen-bond donors (Lipinski definition) is 2. The highest BCUT2D eigenvalue weighted by Gasteiger charge is 2.15. The van der Waals surface area contributed by atoms with Crippen LogP contribution in [0.3, 0.4) is 0 Å². The van der Waals surface area contributed by atoms with Crippen molar-refractivity contribution in [3.05, 3.63) is 32.8 Å². The maximum absolute atomic E-state index is 10.9. The van der Waals surface area contributed by atoms with E-state index in [1.807, 2.05) is 5.43 Å². The molecule has 8 heteroatoms. The molecule has 0 unspecified atom stereocenters. The Labute approximate surface area is 118 Å². The fourth-order valence-electron chi connectivity index (χ4n) is 1.40. The number of amides is 1. The first-order chi connectivity index (χ1) is 9.04. The average Bonchev–Trinajstić information content (AvgIpc) is 2.39. The third kappa shape index (κ3) is 5.23. The summed E-state index contributed by atoms with van der Waals surface area (Å²) >= 11 is 3.17. The van der Waals surface area contributed by atoms with Gasteiger partial charge in [0.1, 0.15) is 0 Å². The molecule has 0 aliphatic heterocycles. The summed E-state index contributed by atoms with van der Waals surface area (Å²) in [6, 6.07) is 4.59. The highest BCUT2D eigenvalue weighted by atomic mass is 79.9. The maximum atomic E-state index is 10.9. The number of nitrogens with zero attached hydrogens (tertiary/aromatic N) is 1. The fraction of sp³-hybridized carbons (Fsp3) is 0.364. The molecule has 7 nitrogen and oxygen atoms in total. The third-order valence-electron chi connectivity index (χ3n) is 2.33. The van der Waals surface area contributed by atoms with Crippen LogP contribution in [0.5, 0.6) is 5.75 Å². The third-order valence-corrected chi connectivity index (χ3v) is 2.83. The molecule has 0 heterocycles. The van der Waals surface area contributed by atoms with E-state index in [1.165, 1.54) is 12.1 Å². The Kier molecular flexibility index (Phi) is 6.23. The first kappa shape index (κ1) is 15.4. The molecule has 0 aliphatic rings. The summed E-state index contributed by atoms with van der Waals surface area (Å²) in [5, 5.41) is 10.8. The van der Waals surface area contributed by atoms with E-state index in [0.717, 1.165) is 0 Å². The van der Waals surface area contributed by atoms with E-state index in [9.17, 15) is 14.9 Å². The first-order valence-corrected chi connectivity index (χ1v) is 6.40. The molecule has 1 amide bonds. The van der Waals surface area contributed by atoms with E-state index in [4.69, 9.17) is 10.6 Å². The molecule has 3 N–H and O–H groups in total. The summed E-state index contributed by atoms with van der Waals surface area (Å²) in [5.74, 6) is 4.91. The standard InChI is InChI=1S/C11H14BrN3O4/c12-8-4-5-10(9(7-8)15(17)18)19-6-2-1-3-11(16)14-13/h4-5,7H,1-3,6,13H2,(H,14,16). The van der Waals surface area contributed by atoms with Gasteiger partial charge in [-0.05, 0) is 25.0 Å². The predicted octanol–water partition coefficient (Wildman–Crippen LogP) is 1.90. The van der Waals surface area contributed by atoms with Gasteiger partial charge in [-0.1, -0.05) is 15.9 Å². The molecule has 0 aromatic heterocycles. The number of nitro benzene ring substituents is 1. The van der Waals surface area contributed by atoms with Crippen LogP contribution < -0.4 is 16.0 Å². The lowest BCUT2D eigenvalue weighted by Gasteiger charge is -2.06. The second kappa shape index (κ2) is 7.70. The van der Waals surface area contributed by atoms with Crippen molar-refractivity contribution in [2.75, 3.05) is 6.61 Å². The molecule has 0 atom stereocenters. The van der Waals surface area contributed by atoms with Crippen molar-refractivity contribution < 1.29 is 14.5 Å². The number of benzene rings is 1. The Balaban J connectivity index is 2.45. The minimum absolute atomic E-state index is 0.0888. The van der Waals surface area contributed by atoms with Gasteiger partial charge in [-0.25, -0.2) is 5.84 Å². The zero-order chi connectivity index (χ0) is 14.3. The summed E-state index contributed by atoms with van der Waals surface area (Å²) in [6.07, 6.45) is 1.52. The predicted molar refractivity (Wildman–Crippen MR) is 72.5 cm³/mol. The maximum Gasteiger partial charge on any atom is 0.312 e. The number of rotatable bonds is 7. The Morgan fingerprint density at radius 2 is 2.21 bits per heavy atom. The van der Waals surface area contributed by atoms with Crippen LogP contribution in [0.15, 0.2) is 22.7 Å². The van der Waals surface area contributed by atoms with E-state index >= 15 is 0 Å². The van der Waals surface area contributed by atoms with E-state index in [0.29, 0.717) is 30.3 Å². The summed E-state index contributed by atoms with van der Waals surface area (Å²) in [5.41, 5.74) is 1.94. The monoisotopic (exact) mass is 331 g/mol. The van der Waals surface area contributed by atoms with E-state index in [1.54, 1.807) is 6.07 Å². The van der Waals surface area contributed by atoms with Crippen LogP contribution in [0.25, 0.3) is 0 Å². The molecule has 104 valence electrons. The van der Waals surface area contributed by atoms with E-state index in [2.05, 4.69) is 15.9 Å². The zero-order valence-electron chi connectivity index (χ0n) is 10.1. The number of unbranched alkanes of at least 4 members (excludes halogenated alkanes) is 1. The molecule has 19 heavy (non-hydrogen) atoms. The molecule has 0 fully saturated rings. The number of nitro groups is 1.